The van der Waals surface area contributed by atoms with E-state index < -0.39 is 5.60 Å². The minimum Gasteiger partial charge on any atom is -0.495 e. The molecule has 34 heavy (non-hydrogen) atoms. The lowest BCUT2D eigenvalue weighted by Gasteiger charge is -2.38. The summed E-state index contributed by atoms with van der Waals surface area (Å²) in [5.74, 6) is 0.626. The molecule has 9 nitrogen and oxygen atoms in total. The lowest BCUT2D eigenvalue weighted by molar-refractivity contribution is -0.134. The van der Waals surface area contributed by atoms with Crippen molar-refractivity contribution in [3.05, 3.63) is 65.0 Å². The summed E-state index contributed by atoms with van der Waals surface area (Å²) in [6.45, 7) is 2.98. The number of carbonyl (C=O) groups is 1. The first-order valence-electron chi connectivity index (χ1n) is 11.3. The monoisotopic (exact) mass is 460 g/mol. The molecule has 4 rings (SSSR count). The Kier molecular flexibility index (Phi) is 6.89. The second kappa shape index (κ2) is 10.0. The van der Waals surface area contributed by atoms with Crippen molar-refractivity contribution in [2.45, 2.75) is 44.6 Å². The number of aryl methyl sites for hydroxylation is 1. The molecule has 0 bridgehead atoms. The summed E-state index contributed by atoms with van der Waals surface area (Å²) in [5, 5.41) is 31.7. The zero-order chi connectivity index (χ0) is 24.1. The van der Waals surface area contributed by atoms with Crippen LogP contribution in [0.1, 0.15) is 41.5 Å². The molecule has 2 aromatic carbocycles. The number of benzene rings is 2. The van der Waals surface area contributed by atoms with Crippen molar-refractivity contribution in [1.29, 1.82) is 5.26 Å². The third-order valence-electron chi connectivity index (χ3n) is 6.68. The van der Waals surface area contributed by atoms with Crippen molar-refractivity contribution in [3.8, 4) is 17.5 Å². The highest BCUT2D eigenvalue weighted by Crippen LogP contribution is 2.30. The fraction of sp³-hybridized carbons (Fsp3) is 0.400. The Labute approximate surface area is 198 Å². The number of hydrogen-bond acceptors (Lipinski definition) is 7. The number of nitrogens with zero attached hydrogens (tertiary/aromatic N) is 6. The zero-order valence-corrected chi connectivity index (χ0v) is 19.4. The molecule has 0 spiro atoms. The van der Waals surface area contributed by atoms with E-state index in [0.29, 0.717) is 56.5 Å². The van der Waals surface area contributed by atoms with Gasteiger partial charge < -0.3 is 14.7 Å². The maximum Gasteiger partial charge on any atom is 0.226 e. The Hall–Kier alpha value is -3.77. The van der Waals surface area contributed by atoms with Crippen LogP contribution in [0.2, 0.25) is 0 Å². The number of methoxy groups -OCH3 is 1. The molecule has 0 saturated carbocycles. The predicted molar refractivity (Wildman–Crippen MR) is 124 cm³/mol. The van der Waals surface area contributed by atoms with Crippen molar-refractivity contribution in [2.75, 3.05) is 20.2 Å². The van der Waals surface area contributed by atoms with Gasteiger partial charge >= 0.3 is 0 Å². The molecule has 176 valence electrons. The lowest BCUT2D eigenvalue weighted by atomic mass is 9.84. The Morgan fingerprint density at radius 2 is 1.94 bits per heavy atom. The van der Waals surface area contributed by atoms with Gasteiger partial charge in [0, 0.05) is 13.1 Å². The zero-order valence-electron chi connectivity index (χ0n) is 19.4. The summed E-state index contributed by atoms with van der Waals surface area (Å²) >= 11 is 0. The van der Waals surface area contributed by atoms with Crippen LogP contribution >= 0.6 is 0 Å². The molecule has 0 atom stereocenters. The van der Waals surface area contributed by atoms with Gasteiger partial charge in [-0.1, -0.05) is 18.2 Å². The summed E-state index contributed by atoms with van der Waals surface area (Å²) in [7, 11) is 1.55. The van der Waals surface area contributed by atoms with Gasteiger partial charge in [-0.15, -0.1) is 5.10 Å². The number of ether oxygens (including phenoxy) is 1. The maximum absolute atomic E-state index is 12.8. The van der Waals surface area contributed by atoms with Crippen molar-refractivity contribution in [2.24, 2.45) is 0 Å². The normalized spacial score (nSPS) is 15.1. The number of aromatic nitrogens is 4. The number of rotatable bonds is 7. The second-order valence-corrected chi connectivity index (χ2v) is 8.74. The number of aliphatic hydroxyl groups is 1. The van der Waals surface area contributed by atoms with Crippen LogP contribution in [0.3, 0.4) is 0 Å². The summed E-state index contributed by atoms with van der Waals surface area (Å²) in [6.07, 6.45) is 4.17. The standard InChI is InChI=1S/C25H28N6O3/c1-18-20(5-8-23(34-2)22(18)16-26)9-10-25(33)11-13-30(14-12-25)24(32)15-19-3-6-21(7-4-19)31-17-27-28-29-31/h3-8,17,33H,9-15H2,1-2H3. The van der Waals surface area contributed by atoms with Crippen LogP contribution in [0.5, 0.6) is 5.75 Å². The Morgan fingerprint density at radius 3 is 2.56 bits per heavy atom. The smallest absolute Gasteiger partial charge is 0.226 e. The van der Waals surface area contributed by atoms with E-state index in [2.05, 4.69) is 21.6 Å². The number of nitriles is 1. The molecule has 1 aromatic heterocycles. The van der Waals surface area contributed by atoms with Gasteiger partial charge in [0.2, 0.25) is 5.91 Å². The first-order chi connectivity index (χ1) is 16.4. The van der Waals surface area contributed by atoms with E-state index in [9.17, 15) is 15.2 Å². The fourth-order valence-corrected chi connectivity index (χ4v) is 4.43. The van der Waals surface area contributed by atoms with Gasteiger partial charge in [-0.05, 0) is 77.9 Å². The van der Waals surface area contributed by atoms with E-state index >= 15 is 0 Å². The summed E-state index contributed by atoms with van der Waals surface area (Å²) < 4.78 is 6.83. The molecule has 3 aromatic rings. The van der Waals surface area contributed by atoms with E-state index in [1.807, 2.05) is 48.2 Å². The average molecular weight is 461 g/mol. The average Bonchev–Trinajstić information content (AvgIpc) is 3.39. The third-order valence-corrected chi connectivity index (χ3v) is 6.68. The quantitative estimate of drug-likeness (QED) is 0.575. The van der Waals surface area contributed by atoms with Crippen LogP contribution in [-0.2, 0) is 17.6 Å². The van der Waals surface area contributed by atoms with Gasteiger partial charge in [0.05, 0.1) is 30.4 Å². The van der Waals surface area contributed by atoms with Gasteiger partial charge in [0.15, 0.2) is 0 Å². The Bertz CT molecular complexity index is 1180. The summed E-state index contributed by atoms with van der Waals surface area (Å²) in [5.41, 5.74) is 3.41. The minimum absolute atomic E-state index is 0.0573. The second-order valence-electron chi connectivity index (χ2n) is 8.74. The molecule has 1 fully saturated rings. The van der Waals surface area contributed by atoms with Gasteiger partial charge in [-0.3, -0.25) is 4.79 Å². The highest BCUT2D eigenvalue weighted by Gasteiger charge is 2.33. The molecule has 0 radical (unpaired) electrons. The van der Waals surface area contributed by atoms with Gasteiger partial charge in [-0.2, -0.15) is 5.26 Å². The molecular formula is C25H28N6O3. The molecule has 1 amide bonds. The van der Waals surface area contributed by atoms with Crippen molar-refractivity contribution >= 4 is 5.91 Å². The van der Waals surface area contributed by atoms with Crippen molar-refractivity contribution in [3.63, 3.8) is 0 Å². The van der Waals surface area contributed by atoms with E-state index in [-0.39, 0.29) is 5.91 Å². The Morgan fingerprint density at radius 1 is 1.21 bits per heavy atom. The third kappa shape index (κ3) is 5.07. The Balaban J connectivity index is 1.30. The molecular weight excluding hydrogens is 432 g/mol. The topological polar surface area (TPSA) is 117 Å². The van der Waals surface area contributed by atoms with E-state index in [0.717, 1.165) is 22.4 Å². The molecule has 9 heteroatoms. The summed E-state index contributed by atoms with van der Waals surface area (Å²) in [4.78, 5) is 14.6. The number of tetrazole rings is 1. The molecule has 1 saturated heterocycles. The van der Waals surface area contributed by atoms with Crippen LogP contribution in [0, 0.1) is 18.3 Å². The highest BCUT2D eigenvalue weighted by atomic mass is 16.5. The first kappa shape index (κ1) is 23.4. The van der Waals surface area contributed by atoms with Crippen LogP contribution in [0.15, 0.2) is 42.7 Å². The van der Waals surface area contributed by atoms with Crippen LogP contribution < -0.4 is 4.74 Å². The maximum atomic E-state index is 12.8. The van der Waals surface area contributed by atoms with Crippen LogP contribution in [0.4, 0.5) is 0 Å². The van der Waals surface area contributed by atoms with Gasteiger partial charge in [-0.25, -0.2) is 4.68 Å². The van der Waals surface area contributed by atoms with Gasteiger partial charge in [0.25, 0.3) is 0 Å². The number of carbonyl (C=O) groups excluding carboxylic acids is 1. The SMILES string of the molecule is COc1ccc(CCC2(O)CCN(C(=O)Cc3ccc(-n4cnnn4)cc3)CC2)c(C)c1C#N. The molecule has 1 aliphatic rings. The molecule has 1 aliphatic heterocycles. The van der Waals surface area contributed by atoms with Crippen molar-refractivity contribution < 1.29 is 14.6 Å². The first-order valence-corrected chi connectivity index (χ1v) is 11.3. The summed E-state index contributed by atoms with van der Waals surface area (Å²) in [6, 6.07) is 13.5. The number of hydrogen-bond donors (Lipinski definition) is 1. The van der Waals surface area contributed by atoms with E-state index in [1.54, 1.807) is 11.8 Å². The number of likely N-dealkylation sites (tertiary alicyclic amines) is 1. The minimum atomic E-state index is -0.816. The lowest BCUT2D eigenvalue weighted by Crippen LogP contribution is -2.47. The largest absolute Gasteiger partial charge is 0.495 e. The predicted octanol–water partition coefficient (Wildman–Crippen LogP) is 2.38. The molecule has 0 unspecified atom stereocenters. The highest BCUT2D eigenvalue weighted by molar-refractivity contribution is 5.79. The van der Waals surface area contributed by atoms with E-state index in [4.69, 9.17) is 4.74 Å². The van der Waals surface area contributed by atoms with E-state index in [1.165, 1.54) is 6.33 Å². The fourth-order valence-electron chi connectivity index (χ4n) is 4.43. The number of amides is 1. The molecule has 0 aliphatic carbocycles. The van der Waals surface area contributed by atoms with Crippen LogP contribution in [-0.4, -0.2) is 61.9 Å². The number of piperidine rings is 1. The van der Waals surface area contributed by atoms with Crippen LogP contribution in [0.25, 0.3) is 5.69 Å². The molecule has 2 heterocycles. The molecule has 1 N–H and O–H groups in total. The van der Waals surface area contributed by atoms with Crippen molar-refractivity contribution in [1.82, 2.24) is 25.1 Å². The van der Waals surface area contributed by atoms with Gasteiger partial charge in [0.1, 0.15) is 18.1 Å².